The Kier molecular flexibility index (Phi) is 7.83. The number of carbonyl (C=O) groups is 2. The zero-order valence-electron chi connectivity index (χ0n) is 21.0. The number of nitrogens with zero attached hydrogens (tertiary/aromatic N) is 2. The molecule has 0 spiro atoms. The molecule has 5 rings (SSSR count). The summed E-state index contributed by atoms with van der Waals surface area (Å²) in [6.45, 7) is 4.27. The smallest absolute Gasteiger partial charge is 0.247 e. The second-order valence-corrected chi connectivity index (χ2v) is 11.1. The van der Waals surface area contributed by atoms with Crippen LogP contribution in [0, 0.1) is 6.92 Å². The molecule has 0 saturated heterocycles. The summed E-state index contributed by atoms with van der Waals surface area (Å²) < 4.78 is 0. The van der Waals surface area contributed by atoms with Crippen molar-refractivity contribution in [2.24, 2.45) is 0 Å². The van der Waals surface area contributed by atoms with Crippen molar-refractivity contribution in [3.63, 3.8) is 0 Å². The molecule has 1 saturated carbocycles. The van der Waals surface area contributed by atoms with Gasteiger partial charge in [0.25, 0.3) is 0 Å². The lowest BCUT2D eigenvalue weighted by atomic mass is 9.94. The van der Waals surface area contributed by atoms with E-state index in [0.29, 0.717) is 13.1 Å². The van der Waals surface area contributed by atoms with Crippen LogP contribution in [0.15, 0.2) is 66.0 Å². The molecule has 1 fully saturated rings. The molecule has 2 aliphatic rings. The largest absolute Gasteiger partial charge is 0.351 e. The topological polar surface area (TPSA) is 52.7 Å². The molecule has 1 atom stereocenters. The molecular formula is C30H35N3O2S. The van der Waals surface area contributed by atoms with Gasteiger partial charge in [0.2, 0.25) is 11.8 Å². The van der Waals surface area contributed by atoms with Gasteiger partial charge < -0.3 is 10.2 Å². The number of thiophene rings is 1. The van der Waals surface area contributed by atoms with Crippen LogP contribution in [0.5, 0.6) is 0 Å². The van der Waals surface area contributed by atoms with Crippen LogP contribution in [0.2, 0.25) is 0 Å². The number of fused-ring (bicyclic) bond motifs is 1. The first-order valence-electron chi connectivity index (χ1n) is 13.1. The Morgan fingerprint density at radius 2 is 1.67 bits per heavy atom. The maximum absolute atomic E-state index is 14.0. The molecule has 1 aliphatic carbocycles. The minimum atomic E-state index is -0.660. The highest BCUT2D eigenvalue weighted by Crippen LogP contribution is 2.30. The van der Waals surface area contributed by atoms with E-state index < -0.39 is 6.04 Å². The summed E-state index contributed by atoms with van der Waals surface area (Å²) in [6, 6.07) is 19.9. The van der Waals surface area contributed by atoms with Gasteiger partial charge in [-0.2, -0.15) is 0 Å². The summed E-state index contributed by atoms with van der Waals surface area (Å²) in [6.07, 6.45) is 5.55. The molecule has 0 radical (unpaired) electrons. The summed E-state index contributed by atoms with van der Waals surface area (Å²) in [5.74, 6) is -0.0749. The van der Waals surface area contributed by atoms with E-state index in [-0.39, 0.29) is 17.9 Å². The SMILES string of the molecule is Cc1ccccc1C(C(=O)NC1CCCCC1)N(Cc1cccs1)C(=O)CN1Cc2ccccc2C1. The minimum absolute atomic E-state index is 0.0109. The van der Waals surface area contributed by atoms with Crippen molar-refractivity contribution in [2.75, 3.05) is 6.54 Å². The van der Waals surface area contributed by atoms with Crippen LogP contribution in [0.3, 0.4) is 0 Å². The number of hydrogen-bond donors (Lipinski definition) is 1. The molecule has 2 amide bonds. The van der Waals surface area contributed by atoms with Crippen LogP contribution in [-0.4, -0.2) is 34.2 Å². The number of carbonyl (C=O) groups excluding carboxylic acids is 2. The summed E-state index contributed by atoms with van der Waals surface area (Å²) in [4.78, 5) is 33.0. The minimum Gasteiger partial charge on any atom is -0.351 e. The van der Waals surface area contributed by atoms with Gasteiger partial charge in [0.05, 0.1) is 13.1 Å². The lowest BCUT2D eigenvalue weighted by Gasteiger charge is -2.34. The standard InChI is InChI=1S/C30H35N3O2S/c1-22-10-5-8-16-27(22)29(30(35)31-25-13-3-2-4-14-25)33(20-26-15-9-17-36-26)28(34)21-32-18-23-11-6-7-12-24(23)19-32/h5-12,15-17,25,29H,2-4,13-14,18-21H2,1H3,(H,31,35). The number of nitrogens with one attached hydrogen (secondary N) is 1. The van der Waals surface area contributed by atoms with Gasteiger partial charge in [-0.15, -0.1) is 11.3 Å². The van der Waals surface area contributed by atoms with E-state index in [4.69, 9.17) is 0 Å². The molecule has 3 aromatic rings. The number of aryl methyl sites for hydroxylation is 1. The van der Waals surface area contributed by atoms with Gasteiger partial charge in [-0.3, -0.25) is 14.5 Å². The predicted molar refractivity (Wildman–Crippen MR) is 144 cm³/mol. The first-order valence-corrected chi connectivity index (χ1v) is 13.9. The number of benzene rings is 2. The fourth-order valence-electron chi connectivity index (χ4n) is 5.56. The lowest BCUT2D eigenvalue weighted by molar-refractivity contribution is -0.143. The molecule has 6 heteroatoms. The summed E-state index contributed by atoms with van der Waals surface area (Å²) in [7, 11) is 0. The van der Waals surface area contributed by atoms with Crippen LogP contribution in [0.4, 0.5) is 0 Å². The number of hydrogen-bond acceptors (Lipinski definition) is 4. The highest BCUT2D eigenvalue weighted by Gasteiger charge is 2.35. The molecule has 1 aliphatic heterocycles. The fourth-order valence-corrected chi connectivity index (χ4v) is 6.27. The molecule has 1 unspecified atom stereocenters. The van der Waals surface area contributed by atoms with Gasteiger partial charge in [0.1, 0.15) is 6.04 Å². The quantitative estimate of drug-likeness (QED) is 0.438. The van der Waals surface area contributed by atoms with Crippen LogP contribution >= 0.6 is 11.3 Å². The molecule has 2 heterocycles. The van der Waals surface area contributed by atoms with Crippen LogP contribution in [-0.2, 0) is 29.2 Å². The molecule has 0 bridgehead atoms. The van der Waals surface area contributed by atoms with Gasteiger partial charge in [-0.25, -0.2) is 0 Å². The van der Waals surface area contributed by atoms with E-state index in [1.54, 1.807) is 11.3 Å². The molecule has 2 aromatic carbocycles. The Bertz CT molecular complexity index is 1160. The highest BCUT2D eigenvalue weighted by atomic mass is 32.1. The van der Waals surface area contributed by atoms with Gasteiger partial charge in [-0.1, -0.05) is 73.9 Å². The zero-order chi connectivity index (χ0) is 24.9. The van der Waals surface area contributed by atoms with Gasteiger partial charge >= 0.3 is 0 Å². The second kappa shape index (κ2) is 11.4. The molecule has 1 aromatic heterocycles. The van der Waals surface area contributed by atoms with E-state index in [2.05, 4.69) is 34.5 Å². The zero-order valence-corrected chi connectivity index (χ0v) is 21.8. The third-order valence-electron chi connectivity index (χ3n) is 7.49. The molecule has 5 nitrogen and oxygen atoms in total. The van der Waals surface area contributed by atoms with Crippen molar-refractivity contribution in [3.8, 4) is 0 Å². The van der Waals surface area contributed by atoms with Crippen molar-refractivity contribution in [2.45, 2.75) is 70.7 Å². The van der Waals surface area contributed by atoms with Crippen LogP contribution in [0.25, 0.3) is 0 Å². The Hall–Kier alpha value is -2.96. The number of rotatable bonds is 8. The van der Waals surface area contributed by atoms with Crippen molar-refractivity contribution in [1.29, 1.82) is 0 Å². The lowest BCUT2D eigenvalue weighted by Crippen LogP contribution is -2.48. The maximum atomic E-state index is 14.0. The predicted octanol–water partition coefficient (Wildman–Crippen LogP) is 5.59. The van der Waals surface area contributed by atoms with Crippen molar-refractivity contribution in [3.05, 3.63) is 93.2 Å². The van der Waals surface area contributed by atoms with E-state index in [1.807, 2.05) is 53.6 Å². The van der Waals surface area contributed by atoms with Crippen molar-refractivity contribution < 1.29 is 9.59 Å². The third-order valence-corrected chi connectivity index (χ3v) is 8.35. The van der Waals surface area contributed by atoms with Crippen molar-refractivity contribution in [1.82, 2.24) is 15.1 Å². The van der Waals surface area contributed by atoms with E-state index in [1.165, 1.54) is 17.5 Å². The fraction of sp³-hybridized carbons (Fsp3) is 0.400. The van der Waals surface area contributed by atoms with E-state index in [0.717, 1.165) is 54.8 Å². The Morgan fingerprint density at radius 3 is 2.33 bits per heavy atom. The normalized spacial score (nSPS) is 16.9. The summed E-state index contributed by atoms with van der Waals surface area (Å²) in [5.41, 5.74) is 4.49. The first-order chi connectivity index (χ1) is 17.6. The number of amides is 2. The van der Waals surface area contributed by atoms with Crippen LogP contribution < -0.4 is 5.32 Å². The van der Waals surface area contributed by atoms with E-state index in [9.17, 15) is 9.59 Å². The maximum Gasteiger partial charge on any atom is 0.247 e. The van der Waals surface area contributed by atoms with Gasteiger partial charge in [0, 0.05) is 24.0 Å². The van der Waals surface area contributed by atoms with E-state index >= 15 is 0 Å². The molecule has 36 heavy (non-hydrogen) atoms. The van der Waals surface area contributed by atoms with Crippen molar-refractivity contribution >= 4 is 23.2 Å². The van der Waals surface area contributed by atoms with Gasteiger partial charge in [0.15, 0.2) is 0 Å². The first kappa shape index (κ1) is 24.7. The average Bonchev–Trinajstić information content (AvgIpc) is 3.54. The highest BCUT2D eigenvalue weighted by molar-refractivity contribution is 7.09. The van der Waals surface area contributed by atoms with Gasteiger partial charge in [-0.05, 0) is 53.5 Å². The second-order valence-electron chi connectivity index (χ2n) is 10.1. The Labute approximate surface area is 218 Å². The van der Waals surface area contributed by atoms with Crippen LogP contribution in [0.1, 0.15) is 65.3 Å². The summed E-state index contributed by atoms with van der Waals surface area (Å²) in [5, 5.41) is 5.35. The molecule has 1 N–H and O–H groups in total. The Balaban J connectivity index is 1.44. The average molecular weight is 502 g/mol. The Morgan fingerprint density at radius 1 is 0.972 bits per heavy atom. The third kappa shape index (κ3) is 5.71. The molecule has 188 valence electrons. The monoisotopic (exact) mass is 501 g/mol. The molecular weight excluding hydrogens is 466 g/mol. The summed E-state index contributed by atoms with van der Waals surface area (Å²) >= 11 is 1.63.